The number of hydrogen-bond acceptors (Lipinski definition) is 5. The molecular formula is C14H17N3O2S. The smallest absolute Gasteiger partial charge is 0.175 e. The average molecular weight is 291 g/mol. The van der Waals surface area contributed by atoms with Gasteiger partial charge in [-0.15, -0.1) is 0 Å². The zero-order valence-corrected chi connectivity index (χ0v) is 12.2. The van der Waals surface area contributed by atoms with Gasteiger partial charge in [-0.2, -0.15) is 0 Å². The third-order valence-corrected chi connectivity index (χ3v) is 3.82. The fourth-order valence-corrected chi connectivity index (χ4v) is 2.39. The van der Waals surface area contributed by atoms with Crippen LogP contribution < -0.4 is 10.6 Å². The second-order valence-electron chi connectivity index (χ2n) is 4.41. The van der Waals surface area contributed by atoms with Gasteiger partial charge < -0.3 is 10.6 Å². The van der Waals surface area contributed by atoms with E-state index in [4.69, 9.17) is 0 Å². The fourth-order valence-electron chi connectivity index (χ4n) is 1.76. The first-order valence-corrected chi connectivity index (χ1v) is 8.14. The monoisotopic (exact) mass is 291 g/mol. The highest BCUT2D eigenvalue weighted by molar-refractivity contribution is 7.90. The number of aromatic nitrogens is 1. The van der Waals surface area contributed by atoms with Crippen molar-refractivity contribution >= 4 is 26.9 Å². The van der Waals surface area contributed by atoms with Crippen LogP contribution in [0.15, 0.2) is 47.6 Å². The van der Waals surface area contributed by atoms with Crippen molar-refractivity contribution in [3.63, 3.8) is 0 Å². The summed E-state index contributed by atoms with van der Waals surface area (Å²) >= 11 is 0. The Hall–Kier alpha value is -2.08. The fraction of sp³-hybridized carbons (Fsp3) is 0.214. The number of anilines is 3. The largest absolute Gasteiger partial charge is 0.384 e. The van der Waals surface area contributed by atoms with Crippen molar-refractivity contribution < 1.29 is 8.42 Å². The van der Waals surface area contributed by atoms with Gasteiger partial charge in [-0.05, 0) is 37.3 Å². The lowest BCUT2D eigenvalue weighted by Crippen LogP contribution is -1.99. The zero-order valence-electron chi connectivity index (χ0n) is 11.4. The van der Waals surface area contributed by atoms with Crippen molar-refractivity contribution in [2.24, 2.45) is 0 Å². The van der Waals surface area contributed by atoms with E-state index in [0.717, 1.165) is 23.6 Å². The second-order valence-corrected chi connectivity index (χ2v) is 6.43. The number of pyridine rings is 1. The van der Waals surface area contributed by atoms with Crippen LogP contribution in [0.3, 0.4) is 0 Å². The summed E-state index contributed by atoms with van der Waals surface area (Å²) in [6.45, 7) is 2.85. The van der Waals surface area contributed by atoms with Gasteiger partial charge in [-0.25, -0.2) is 8.42 Å². The summed E-state index contributed by atoms with van der Waals surface area (Å²) in [5, 5.41) is 6.36. The molecule has 1 aromatic carbocycles. The standard InChI is InChI=1S/C14H17N3O2S/c1-3-16-12-8-13(10-15-9-12)17-11-4-6-14(7-5-11)20(2,18)19/h4-10,16-17H,3H2,1-2H3. The van der Waals surface area contributed by atoms with Crippen LogP contribution >= 0.6 is 0 Å². The second kappa shape index (κ2) is 5.92. The summed E-state index contributed by atoms with van der Waals surface area (Å²) in [5.41, 5.74) is 2.59. The van der Waals surface area contributed by atoms with E-state index in [1.54, 1.807) is 36.7 Å². The highest BCUT2D eigenvalue weighted by Crippen LogP contribution is 2.20. The van der Waals surface area contributed by atoms with Crippen molar-refractivity contribution in [2.45, 2.75) is 11.8 Å². The maximum Gasteiger partial charge on any atom is 0.175 e. The van der Waals surface area contributed by atoms with E-state index in [1.165, 1.54) is 6.26 Å². The lowest BCUT2D eigenvalue weighted by Gasteiger charge is -2.09. The first kappa shape index (κ1) is 14.3. The first-order chi connectivity index (χ1) is 9.49. The number of nitrogens with zero attached hydrogens (tertiary/aromatic N) is 1. The number of benzene rings is 1. The van der Waals surface area contributed by atoms with E-state index in [-0.39, 0.29) is 0 Å². The first-order valence-electron chi connectivity index (χ1n) is 6.25. The van der Waals surface area contributed by atoms with Gasteiger partial charge in [0, 0.05) is 18.5 Å². The predicted octanol–water partition coefficient (Wildman–Crippen LogP) is 2.66. The Labute approximate surface area is 119 Å². The Morgan fingerprint density at radius 1 is 1.05 bits per heavy atom. The SMILES string of the molecule is CCNc1cncc(Nc2ccc(S(C)(=O)=O)cc2)c1. The minimum Gasteiger partial charge on any atom is -0.384 e. The van der Waals surface area contributed by atoms with E-state index in [2.05, 4.69) is 15.6 Å². The van der Waals surface area contributed by atoms with Gasteiger partial charge in [0.05, 0.1) is 28.7 Å². The molecule has 0 amide bonds. The molecule has 20 heavy (non-hydrogen) atoms. The van der Waals surface area contributed by atoms with Gasteiger partial charge in [-0.1, -0.05) is 0 Å². The van der Waals surface area contributed by atoms with Gasteiger partial charge in [-0.3, -0.25) is 4.98 Å². The maximum absolute atomic E-state index is 11.4. The Morgan fingerprint density at radius 3 is 2.30 bits per heavy atom. The summed E-state index contributed by atoms with van der Waals surface area (Å²) in [6.07, 6.45) is 4.66. The number of rotatable bonds is 5. The van der Waals surface area contributed by atoms with Crippen LogP contribution in [-0.4, -0.2) is 26.2 Å². The highest BCUT2D eigenvalue weighted by atomic mass is 32.2. The van der Waals surface area contributed by atoms with Crippen LogP contribution in [0.2, 0.25) is 0 Å². The normalized spacial score (nSPS) is 11.1. The van der Waals surface area contributed by atoms with Crippen molar-refractivity contribution in [1.29, 1.82) is 0 Å². The molecule has 0 atom stereocenters. The van der Waals surface area contributed by atoms with E-state index in [1.807, 2.05) is 13.0 Å². The van der Waals surface area contributed by atoms with Crippen molar-refractivity contribution in [3.8, 4) is 0 Å². The van der Waals surface area contributed by atoms with Crippen LogP contribution in [0.4, 0.5) is 17.1 Å². The molecule has 0 aliphatic rings. The summed E-state index contributed by atoms with van der Waals surface area (Å²) in [5.74, 6) is 0. The van der Waals surface area contributed by atoms with Gasteiger partial charge >= 0.3 is 0 Å². The molecular weight excluding hydrogens is 274 g/mol. The highest BCUT2D eigenvalue weighted by Gasteiger charge is 2.06. The Morgan fingerprint density at radius 2 is 1.70 bits per heavy atom. The molecule has 0 unspecified atom stereocenters. The van der Waals surface area contributed by atoms with Crippen molar-refractivity contribution in [3.05, 3.63) is 42.7 Å². The van der Waals surface area contributed by atoms with Crippen LogP contribution in [-0.2, 0) is 9.84 Å². The topological polar surface area (TPSA) is 71.1 Å². The van der Waals surface area contributed by atoms with E-state index < -0.39 is 9.84 Å². The lowest BCUT2D eigenvalue weighted by molar-refractivity contribution is 0.602. The molecule has 0 aliphatic carbocycles. The van der Waals surface area contributed by atoms with Crippen molar-refractivity contribution in [1.82, 2.24) is 4.98 Å². The van der Waals surface area contributed by atoms with E-state index in [9.17, 15) is 8.42 Å². The van der Waals surface area contributed by atoms with Crippen LogP contribution in [0.25, 0.3) is 0 Å². The molecule has 0 radical (unpaired) electrons. The van der Waals surface area contributed by atoms with Gasteiger partial charge in [0.15, 0.2) is 9.84 Å². The molecule has 6 heteroatoms. The third kappa shape index (κ3) is 3.71. The molecule has 0 aliphatic heterocycles. The lowest BCUT2D eigenvalue weighted by atomic mass is 10.3. The average Bonchev–Trinajstić information content (AvgIpc) is 2.39. The molecule has 2 rings (SSSR count). The van der Waals surface area contributed by atoms with Crippen LogP contribution in [0.1, 0.15) is 6.92 Å². The summed E-state index contributed by atoms with van der Waals surface area (Å²) in [4.78, 5) is 4.44. The number of sulfone groups is 1. The number of hydrogen-bond donors (Lipinski definition) is 2. The minimum absolute atomic E-state index is 0.308. The summed E-state index contributed by atoms with van der Waals surface area (Å²) in [6, 6.07) is 8.58. The van der Waals surface area contributed by atoms with E-state index in [0.29, 0.717) is 4.90 Å². The molecule has 0 bridgehead atoms. The van der Waals surface area contributed by atoms with E-state index >= 15 is 0 Å². The Balaban J connectivity index is 2.16. The Bertz CT molecular complexity index is 682. The molecule has 106 valence electrons. The molecule has 0 spiro atoms. The van der Waals surface area contributed by atoms with Crippen molar-refractivity contribution in [2.75, 3.05) is 23.4 Å². The van der Waals surface area contributed by atoms with Crippen LogP contribution in [0, 0.1) is 0 Å². The molecule has 2 N–H and O–H groups in total. The molecule has 0 saturated carbocycles. The van der Waals surface area contributed by atoms with Gasteiger partial charge in [0.25, 0.3) is 0 Å². The molecule has 5 nitrogen and oxygen atoms in total. The predicted molar refractivity (Wildman–Crippen MR) is 81.2 cm³/mol. The molecule has 2 aromatic rings. The summed E-state index contributed by atoms with van der Waals surface area (Å²) in [7, 11) is -3.16. The minimum atomic E-state index is -3.16. The number of nitrogens with one attached hydrogen (secondary N) is 2. The van der Waals surface area contributed by atoms with Crippen LogP contribution in [0.5, 0.6) is 0 Å². The zero-order chi connectivity index (χ0) is 14.6. The molecule has 0 saturated heterocycles. The van der Waals surface area contributed by atoms with Gasteiger partial charge in [0.1, 0.15) is 0 Å². The molecule has 0 fully saturated rings. The Kier molecular flexibility index (Phi) is 4.24. The van der Waals surface area contributed by atoms with Gasteiger partial charge in [0.2, 0.25) is 0 Å². The summed E-state index contributed by atoms with van der Waals surface area (Å²) < 4.78 is 22.8. The molecule has 1 aromatic heterocycles. The third-order valence-electron chi connectivity index (χ3n) is 2.69. The quantitative estimate of drug-likeness (QED) is 0.886. The molecule has 1 heterocycles. The maximum atomic E-state index is 11.4.